The Morgan fingerprint density at radius 1 is 1.25 bits per heavy atom. The van der Waals surface area contributed by atoms with Gasteiger partial charge in [0.15, 0.2) is 5.96 Å². The molecular formula is C17H34IN3O3. The molecule has 2 fully saturated rings. The Balaban J connectivity index is 0.00000288. The van der Waals surface area contributed by atoms with Crippen molar-refractivity contribution < 1.29 is 14.2 Å². The van der Waals surface area contributed by atoms with Crippen molar-refractivity contribution in [2.24, 2.45) is 4.99 Å². The molecule has 0 amide bonds. The smallest absolute Gasteiger partial charge is 0.193 e. The lowest BCUT2D eigenvalue weighted by atomic mass is 10.1. The first-order valence-corrected chi connectivity index (χ1v) is 9.01. The molecule has 7 heteroatoms. The van der Waals surface area contributed by atoms with E-state index in [9.17, 15) is 0 Å². The minimum atomic E-state index is 0. The first-order valence-electron chi connectivity index (χ1n) is 9.01. The van der Waals surface area contributed by atoms with Gasteiger partial charge in [-0.15, -0.1) is 24.0 Å². The maximum Gasteiger partial charge on any atom is 0.193 e. The van der Waals surface area contributed by atoms with Crippen molar-refractivity contribution >= 4 is 29.9 Å². The topological polar surface area (TPSA) is 55.3 Å². The zero-order valence-electron chi connectivity index (χ0n) is 15.2. The highest BCUT2D eigenvalue weighted by Crippen LogP contribution is 2.17. The van der Waals surface area contributed by atoms with E-state index >= 15 is 0 Å². The fourth-order valence-corrected chi connectivity index (χ4v) is 3.17. The van der Waals surface area contributed by atoms with Crippen molar-refractivity contribution in [1.29, 1.82) is 0 Å². The molecule has 0 aliphatic carbocycles. The molecule has 2 aliphatic rings. The Morgan fingerprint density at radius 2 is 2.04 bits per heavy atom. The van der Waals surface area contributed by atoms with E-state index in [1.54, 1.807) is 7.11 Å². The molecule has 1 unspecified atom stereocenters. The van der Waals surface area contributed by atoms with Gasteiger partial charge in [-0.3, -0.25) is 4.99 Å². The van der Waals surface area contributed by atoms with Crippen LogP contribution in [0.2, 0.25) is 0 Å². The van der Waals surface area contributed by atoms with Gasteiger partial charge in [0.25, 0.3) is 0 Å². The number of hydrogen-bond donors (Lipinski definition) is 1. The number of rotatable bonds is 7. The van der Waals surface area contributed by atoms with E-state index in [2.05, 4.69) is 15.2 Å². The highest BCUT2D eigenvalue weighted by Gasteiger charge is 2.23. The summed E-state index contributed by atoms with van der Waals surface area (Å²) in [5, 5.41) is 3.41. The van der Waals surface area contributed by atoms with Gasteiger partial charge in [-0.05, 0) is 38.5 Å². The SMILES string of the molecule is CN=C(NCCCOC)N1CCC(OCC2CCCCO2)CC1.I. The van der Waals surface area contributed by atoms with Gasteiger partial charge >= 0.3 is 0 Å². The average Bonchev–Trinajstić information content (AvgIpc) is 2.62. The van der Waals surface area contributed by atoms with Crippen molar-refractivity contribution in [2.75, 3.05) is 53.6 Å². The largest absolute Gasteiger partial charge is 0.385 e. The van der Waals surface area contributed by atoms with Crippen LogP contribution in [0.5, 0.6) is 0 Å². The summed E-state index contributed by atoms with van der Waals surface area (Å²) >= 11 is 0. The molecule has 0 spiro atoms. The first-order chi connectivity index (χ1) is 11.3. The molecule has 2 saturated heterocycles. The number of ether oxygens (including phenoxy) is 3. The lowest BCUT2D eigenvalue weighted by Gasteiger charge is -2.35. The molecule has 1 N–H and O–H groups in total. The van der Waals surface area contributed by atoms with Crippen LogP contribution < -0.4 is 5.32 Å². The fraction of sp³-hybridized carbons (Fsp3) is 0.941. The minimum absolute atomic E-state index is 0. The molecule has 24 heavy (non-hydrogen) atoms. The molecule has 0 radical (unpaired) electrons. The normalized spacial score (nSPS) is 23.0. The Kier molecular flexibility index (Phi) is 12.0. The van der Waals surface area contributed by atoms with Gasteiger partial charge in [0.05, 0.1) is 18.8 Å². The van der Waals surface area contributed by atoms with E-state index in [-0.39, 0.29) is 24.0 Å². The van der Waals surface area contributed by atoms with Crippen molar-refractivity contribution in [2.45, 2.75) is 50.7 Å². The monoisotopic (exact) mass is 455 g/mol. The lowest BCUT2D eigenvalue weighted by molar-refractivity contribution is -0.0721. The zero-order valence-corrected chi connectivity index (χ0v) is 17.5. The Hall–Kier alpha value is -0.120. The molecule has 2 heterocycles. The van der Waals surface area contributed by atoms with Gasteiger partial charge in [-0.1, -0.05) is 0 Å². The van der Waals surface area contributed by atoms with Crippen LogP contribution in [0.3, 0.4) is 0 Å². The molecule has 1 atom stereocenters. The first kappa shape index (κ1) is 21.9. The van der Waals surface area contributed by atoms with E-state index in [0.29, 0.717) is 12.2 Å². The van der Waals surface area contributed by atoms with E-state index in [0.717, 1.165) is 71.1 Å². The maximum absolute atomic E-state index is 6.07. The zero-order chi connectivity index (χ0) is 16.3. The molecule has 0 bridgehead atoms. The summed E-state index contributed by atoms with van der Waals surface area (Å²) in [4.78, 5) is 6.71. The second-order valence-corrected chi connectivity index (χ2v) is 6.33. The Labute approximate surface area is 163 Å². The predicted molar refractivity (Wildman–Crippen MR) is 107 cm³/mol. The number of methoxy groups -OCH3 is 1. The number of nitrogens with one attached hydrogen (secondary N) is 1. The lowest BCUT2D eigenvalue weighted by Crippen LogP contribution is -2.47. The molecular weight excluding hydrogens is 421 g/mol. The third-order valence-corrected chi connectivity index (χ3v) is 4.55. The summed E-state index contributed by atoms with van der Waals surface area (Å²) in [5.74, 6) is 0.996. The summed E-state index contributed by atoms with van der Waals surface area (Å²) in [6.07, 6.45) is 7.42. The fourth-order valence-electron chi connectivity index (χ4n) is 3.17. The third-order valence-electron chi connectivity index (χ3n) is 4.55. The molecule has 6 nitrogen and oxygen atoms in total. The molecule has 0 aromatic rings. The third kappa shape index (κ3) is 7.84. The minimum Gasteiger partial charge on any atom is -0.385 e. The van der Waals surface area contributed by atoms with Crippen LogP contribution in [0, 0.1) is 0 Å². The van der Waals surface area contributed by atoms with E-state index in [1.807, 2.05) is 7.05 Å². The number of piperidine rings is 1. The molecule has 0 saturated carbocycles. The number of likely N-dealkylation sites (tertiary alicyclic amines) is 1. The number of halogens is 1. The van der Waals surface area contributed by atoms with Gasteiger partial charge < -0.3 is 24.4 Å². The predicted octanol–water partition coefficient (Wildman–Crippen LogP) is 2.27. The van der Waals surface area contributed by atoms with Crippen LogP contribution in [0.25, 0.3) is 0 Å². The Bertz CT molecular complexity index is 344. The highest BCUT2D eigenvalue weighted by molar-refractivity contribution is 14.0. The van der Waals surface area contributed by atoms with Gasteiger partial charge in [0.2, 0.25) is 0 Å². The number of hydrogen-bond acceptors (Lipinski definition) is 4. The van der Waals surface area contributed by atoms with E-state index < -0.39 is 0 Å². The summed E-state index contributed by atoms with van der Waals surface area (Å²) in [7, 11) is 3.58. The van der Waals surface area contributed by atoms with Crippen LogP contribution >= 0.6 is 24.0 Å². The van der Waals surface area contributed by atoms with Crippen LogP contribution in [0.4, 0.5) is 0 Å². The highest BCUT2D eigenvalue weighted by atomic mass is 127. The summed E-state index contributed by atoms with van der Waals surface area (Å²) in [6.45, 7) is 5.34. The standard InChI is InChI=1S/C17H33N3O3.HI/c1-18-17(19-9-5-12-21-2)20-10-7-15(8-11-20)23-14-16-6-3-4-13-22-16;/h15-16H,3-14H2,1-2H3,(H,18,19);1H. The molecule has 0 aromatic carbocycles. The number of nitrogens with zero attached hydrogens (tertiary/aromatic N) is 2. The van der Waals surface area contributed by atoms with Crippen molar-refractivity contribution in [3.63, 3.8) is 0 Å². The van der Waals surface area contributed by atoms with Crippen molar-refractivity contribution in [3.05, 3.63) is 0 Å². The van der Waals surface area contributed by atoms with Crippen molar-refractivity contribution in [1.82, 2.24) is 10.2 Å². The molecule has 2 aliphatic heterocycles. The average molecular weight is 455 g/mol. The maximum atomic E-state index is 6.07. The number of guanidine groups is 1. The van der Waals surface area contributed by atoms with Crippen molar-refractivity contribution in [3.8, 4) is 0 Å². The quantitative estimate of drug-likeness (QED) is 0.276. The van der Waals surface area contributed by atoms with Gasteiger partial charge in [-0.2, -0.15) is 0 Å². The summed E-state index contributed by atoms with van der Waals surface area (Å²) < 4.78 is 16.9. The summed E-state index contributed by atoms with van der Waals surface area (Å²) in [5.41, 5.74) is 0. The second-order valence-electron chi connectivity index (χ2n) is 6.33. The van der Waals surface area contributed by atoms with Crippen LogP contribution in [-0.4, -0.2) is 76.7 Å². The molecule has 0 aromatic heterocycles. The van der Waals surface area contributed by atoms with Crippen LogP contribution in [0.15, 0.2) is 4.99 Å². The molecule has 142 valence electrons. The van der Waals surface area contributed by atoms with Crippen LogP contribution in [0.1, 0.15) is 38.5 Å². The van der Waals surface area contributed by atoms with Gasteiger partial charge in [0, 0.05) is 47.0 Å². The molecule has 2 rings (SSSR count). The van der Waals surface area contributed by atoms with E-state index in [4.69, 9.17) is 14.2 Å². The number of aliphatic imine (C=N–C) groups is 1. The van der Waals surface area contributed by atoms with Gasteiger partial charge in [-0.25, -0.2) is 0 Å². The second kappa shape index (κ2) is 13.1. The summed E-state index contributed by atoms with van der Waals surface area (Å²) in [6, 6.07) is 0. The van der Waals surface area contributed by atoms with E-state index in [1.165, 1.54) is 12.8 Å². The Morgan fingerprint density at radius 3 is 2.67 bits per heavy atom. The van der Waals surface area contributed by atoms with Crippen LogP contribution in [-0.2, 0) is 14.2 Å². The van der Waals surface area contributed by atoms with Gasteiger partial charge in [0.1, 0.15) is 0 Å².